The molecule has 154 valence electrons. The summed E-state index contributed by atoms with van der Waals surface area (Å²) in [6.45, 7) is 2.61. The number of aromatic nitrogens is 2. The van der Waals surface area contributed by atoms with Crippen molar-refractivity contribution in [1.82, 2.24) is 19.3 Å². The van der Waals surface area contributed by atoms with Crippen LogP contribution in [0.4, 0.5) is 0 Å². The number of benzene rings is 2. The van der Waals surface area contributed by atoms with Crippen LogP contribution in [0.1, 0.15) is 5.89 Å². The van der Waals surface area contributed by atoms with Gasteiger partial charge < -0.3 is 4.52 Å². The number of piperazine rings is 1. The highest BCUT2D eigenvalue weighted by Crippen LogP contribution is 2.24. The van der Waals surface area contributed by atoms with Gasteiger partial charge in [0.05, 0.1) is 16.3 Å². The number of thiophene rings is 1. The summed E-state index contributed by atoms with van der Waals surface area (Å²) in [5, 5.41) is 7.96. The molecule has 0 atom stereocenters. The van der Waals surface area contributed by atoms with Gasteiger partial charge in [-0.25, -0.2) is 8.42 Å². The summed E-state index contributed by atoms with van der Waals surface area (Å²) in [5.74, 6) is 1.14. The van der Waals surface area contributed by atoms with E-state index < -0.39 is 10.0 Å². The summed E-state index contributed by atoms with van der Waals surface area (Å²) >= 11 is 1.56. The number of sulfonamides is 1. The van der Waals surface area contributed by atoms with E-state index in [2.05, 4.69) is 15.0 Å². The molecule has 1 saturated heterocycles. The molecule has 0 radical (unpaired) electrons. The lowest BCUT2D eigenvalue weighted by atomic mass is 10.1. The van der Waals surface area contributed by atoms with Crippen LogP contribution in [-0.2, 0) is 16.6 Å². The van der Waals surface area contributed by atoms with Gasteiger partial charge in [-0.1, -0.05) is 41.6 Å². The van der Waals surface area contributed by atoms with Gasteiger partial charge in [0.2, 0.25) is 21.7 Å². The Morgan fingerprint density at radius 2 is 1.77 bits per heavy atom. The van der Waals surface area contributed by atoms with Crippen LogP contribution in [-0.4, -0.2) is 53.9 Å². The second kappa shape index (κ2) is 7.92. The number of nitrogens with zero attached hydrogens (tertiary/aromatic N) is 4. The molecule has 4 aromatic rings. The molecule has 0 bridgehead atoms. The maximum Gasteiger partial charge on any atom is 0.243 e. The first-order valence-corrected chi connectivity index (χ1v) is 12.0. The highest BCUT2D eigenvalue weighted by Gasteiger charge is 2.29. The molecule has 30 heavy (non-hydrogen) atoms. The van der Waals surface area contributed by atoms with Crippen molar-refractivity contribution < 1.29 is 12.9 Å². The van der Waals surface area contributed by atoms with Gasteiger partial charge in [0.15, 0.2) is 0 Å². The van der Waals surface area contributed by atoms with Crippen molar-refractivity contribution in [1.29, 1.82) is 0 Å². The summed E-state index contributed by atoms with van der Waals surface area (Å²) in [7, 11) is -3.52. The van der Waals surface area contributed by atoms with Gasteiger partial charge in [-0.05, 0) is 34.4 Å². The van der Waals surface area contributed by atoms with Gasteiger partial charge in [0.1, 0.15) is 0 Å². The highest BCUT2D eigenvalue weighted by atomic mass is 32.2. The average molecular weight is 441 g/mol. The standard InChI is InChI=1S/C21H20N4O3S2/c26-30(27,18-8-7-16-4-1-2-5-17(16)14-18)25-11-9-24(10-12-25)15-20-22-21(23-28-20)19-6-3-13-29-19/h1-8,13-14H,9-12,15H2. The van der Waals surface area contributed by atoms with Gasteiger partial charge in [-0.2, -0.15) is 9.29 Å². The Morgan fingerprint density at radius 3 is 2.53 bits per heavy atom. The summed E-state index contributed by atoms with van der Waals surface area (Å²) in [6.07, 6.45) is 0. The Bertz CT molecular complexity index is 1260. The Labute approximate surface area is 178 Å². The van der Waals surface area contributed by atoms with E-state index in [4.69, 9.17) is 4.52 Å². The largest absolute Gasteiger partial charge is 0.338 e. The molecule has 5 rings (SSSR count). The zero-order valence-electron chi connectivity index (χ0n) is 16.1. The van der Waals surface area contributed by atoms with Crippen molar-refractivity contribution in [3.63, 3.8) is 0 Å². The zero-order chi connectivity index (χ0) is 20.6. The molecule has 2 aromatic heterocycles. The molecule has 0 saturated carbocycles. The normalized spacial score (nSPS) is 16.3. The average Bonchev–Trinajstić information content (AvgIpc) is 3.46. The van der Waals surface area contributed by atoms with E-state index in [0.29, 0.717) is 49.3 Å². The second-order valence-corrected chi connectivity index (χ2v) is 10.1. The fourth-order valence-electron chi connectivity index (χ4n) is 3.62. The van der Waals surface area contributed by atoms with E-state index in [9.17, 15) is 8.42 Å². The van der Waals surface area contributed by atoms with Gasteiger partial charge in [-0.3, -0.25) is 4.90 Å². The Kier molecular flexibility index (Phi) is 5.11. The fraction of sp³-hybridized carbons (Fsp3) is 0.238. The molecule has 7 nitrogen and oxygen atoms in total. The lowest BCUT2D eigenvalue weighted by Gasteiger charge is -2.33. The summed E-state index contributed by atoms with van der Waals surface area (Å²) < 4.78 is 33.1. The maximum atomic E-state index is 13.1. The molecule has 9 heteroatoms. The van der Waals surface area contributed by atoms with E-state index in [1.54, 1.807) is 27.8 Å². The van der Waals surface area contributed by atoms with Crippen molar-refractivity contribution in [2.75, 3.05) is 26.2 Å². The van der Waals surface area contributed by atoms with Crippen LogP contribution in [0.25, 0.3) is 21.5 Å². The van der Waals surface area contributed by atoms with Crippen LogP contribution >= 0.6 is 11.3 Å². The highest BCUT2D eigenvalue weighted by molar-refractivity contribution is 7.89. The molecule has 0 unspecified atom stereocenters. The van der Waals surface area contributed by atoms with Crippen LogP contribution in [0.3, 0.4) is 0 Å². The lowest BCUT2D eigenvalue weighted by molar-refractivity contribution is 0.163. The first-order chi connectivity index (χ1) is 14.6. The molecule has 1 fully saturated rings. The van der Waals surface area contributed by atoms with Gasteiger partial charge in [0.25, 0.3) is 0 Å². The van der Waals surface area contributed by atoms with Crippen molar-refractivity contribution >= 4 is 32.1 Å². The number of rotatable bonds is 5. The third-order valence-corrected chi connectivity index (χ3v) is 8.02. The van der Waals surface area contributed by atoms with Crippen molar-refractivity contribution in [2.45, 2.75) is 11.4 Å². The first kappa shape index (κ1) is 19.4. The zero-order valence-corrected chi connectivity index (χ0v) is 17.8. The van der Waals surface area contributed by atoms with Crippen LogP contribution in [0, 0.1) is 0 Å². The third-order valence-electron chi connectivity index (χ3n) is 5.26. The summed E-state index contributed by atoms with van der Waals surface area (Å²) in [5.41, 5.74) is 0. The third kappa shape index (κ3) is 3.77. The number of hydrogen-bond acceptors (Lipinski definition) is 7. The minimum atomic E-state index is -3.52. The maximum absolute atomic E-state index is 13.1. The molecule has 0 N–H and O–H groups in total. The summed E-state index contributed by atoms with van der Waals surface area (Å²) in [6, 6.07) is 17.0. The predicted molar refractivity (Wildman–Crippen MR) is 116 cm³/mol. The minimum absolute atomic E-state index is 0.340. The molecule has 1 aliphatic heterocycles. The van der Waals surface area contributed by atoms with E-state index in [1.165, 1.54) is 0 Å². The van der Waals surface area contributed by atoms with E-state index >= 15 is 0 Å². The Hall–Kier alpha value is -2.59. The quantitative estimate of drug-likeness (QED) is 0.473. The summed E-state index contributed by atoms with van der Waals surface area (Å²) in [4.78, 5) is 7.90. The van der Waals surface area contributed by atoms with Crippen LogP contribution in [0.5, 0.6) is 0 Å². The topological polar surface area (TPSA) is 79.5 Å². The van der Waals surface area contributed by atoms with Crippen molar-refractivity contribution in [3.05, 3.63) is 65.9 Å². The van der Waals surface area contributed by atoms with Gasteiger partial charge in [-0.15, -0.1) is 11.3 Å². The van der Waals surface area contributed by atoms with Crippen molar-refractivity contribution in [2.24, 2.45) is 0 Å². The first-order valence-electron chi connectivity index (χ1n) is 9.67. The molecule has 1 aliphatic rings. The van der Waals surface area contributed by atoms with Gasteiger partial charge in [0, 0.05) is 26.2 Å². The van der Waals surface area contributed by atoms with Crippen LogP contribution < -0.4 is 0 Å². The Balaban J connectivity index is 1.24. The smallest absolute Gasteiger partial charge is 0.243 e. The molecule has 2 aromatic carbocycles. The van der Waals surface area contributed by atoms with E-state index in [-0.39, 0.29) is 0 Å². The molecule has 3 heterocycles. The molecular formula is C21H20N4O3S2. The molecule has 0 amide bonds. The van der Waals surface area contributed by atoms with Crippen LogP contribution in [0.15, 0.2) is 69.4 Å². The molecule has 0 spiro atoms. The fourth-order valence-corrected chi connectivity index (χ4v) is 5.73. The van der Waals surface area contributed by atoms with Crippen molar-refractivity contribution in [3.8, 4) is 10.7 Å². The lowest BCUT2D eigenvalue weighted by Crippen LogP contribution is -2.48. The van der Waals surface area contributed by atoms with E-state index in [1.807, 2.05) is 47.8 Å². The SMILES string of the molecule is O=S(=O)(c1ccc2ccccc2c1)N1CCN(Cc2nc(-c3cccs3)no2)CC1. The monoisotopic (exact) mass is 440 g/mol. The minimum Gasteiger partial charge on any atom is -0.338 e. The second-order valence-electron chi connectivity index (χ2n) is 7.18. The number of hydrogen-bond donors (Lipinski definition) is 0. The molecular weight excluding hydrogens is 420 g/mol. The van der Waals surface area contributed by atoms with Gasteiger partial charge >= 0.3 is 0 Å². The molecule has 0 aliphatic carbocycles. The number of fused-ring (bicyclic) bond motifs is 1. The van der Waals surface area contributed by atoms with E-state index in [0.717, 1.165) is 15.6 Å². The predicted octanol–water partition coefficient (Wildman–Crippen LogP) is 3.46. The Morgan fingerprint density at radius 1 is 0.967 bits per heavy atom. The van der Waals surface area contributed by atoms with Crippen LogP contribution in [0.2, 0.25) is 0 Å².